The summed E-state index contributed by atoms with van der Waals surface area (Å²) in [6.07, 6.45) is 7.31. The molecular weight excluding hydrogens is 435 g/mol. The number of aryl methyl sites for hydroxylation is 1. The first-order valence-electron chi connectivity index (χ1n) is 8.52. The number of aliphatic imine (C=N–C) groups is 1. The summed E-state index contributed by atoms with van der Waals surface area (Å²) in [5, 5.41) is 10.2. The summed E-state index contributed by atoms with van der Waals surface area (Å²) in [7, 11) is 3.62. The predicted molar refractivity (Wildman–Crippen MR) is 113 cm³/mol. The third kappa shape index (κ3) is 6.84. The van der Waals surface area contributed by atoms with Gasteiger partial charge in [0.05, 0.1) is 10.7 Å². The van der Waals surface area contributed by atoms with E-state index in [0.29, 0.717) is 5.41 Å². The zero-order valence-corrected chi connectivity index (χ0v) is 18.2. The van der Waals surface area contributed by atoms with Crippen molar-refractivity contribution in [2.45, 2.75) is 45.4 Å². The van der Waals surface area contributed by atoms with E-state index >= 15 is 0 Å². The van der Waals surface area contributed by atoms with Crippen LogP contribution in [-0.2, 0) is 11.2 Å². The van der Waals surface area contributed by atoms with Gasteiger partial charge < -0.3 is 15.4 Å². The number of thiazole rings is 1. The zero-order valence-electron chi connectivity index (χ0n) is 15.1. The first-order valence-corrected chi connectivity index (χ1v) is 9.40. The van der Waals surface area contributed by atoms with E-state index in [-0.39, 0.29) is 24.0 Å². The lowest BCUT2D eigenvalue weighted by Gasteiger charge is -2.29. The summed E-state index contributed by atoms with van der Waals surface area (Å²) in [6, 6.07) is 0. The number of nitrogens with zero attached hydrogens (tertiary/aromatic N) is 2. The van der Waals surface area contributed by atoms with Crippen LogP contribution in [0, 0.1) is 12.3 Å². The first kappa shape index (κ1) is 21.6. The van der Waals surface area contributed by atoms with E-state index < -0.39 is 0 Å². The quantitative estimate of drug-likeness (QED) is 0.351. The molecule has 1 aliphatic carbocycles. The van der Waals surface area contributed by atoms with Gasteiger partial charge in [-0.25, -0.2) is 4.98 Å². The highest BCUT2D eigenvalue weighted by atomic mass is 127. The lowest BCUT2D eigenvalue weighted by Crippen LogP contribution is -2.43. The van der Waals surface area contributed by atoms with Crippen LogP contribution in [-0.4, -0.2) is 44.8 Å². The normalized spacial score (nSPS) is 16.7. The minimum atomic E-state index is 0. The molecule has 1 heterocycles. The Kier molecular flexibility index (Phi) is 10.1. The van der Waals surface area contributed by atoms with Gasteiger partial charge in [-0.2, -0.15) is 0 Å². The lowest BCUT2D eigenvalue weighted by atomic mass is 9.83. The minimum absolute atomic E-state index is 0. The highest BCUT2D eigenvalue weighted by Crippen LogP contribution is 2.40. The molecule has 1 aromatic rings. The van der Waals surface area contributed by atoms with E-state index in [4.69, 9.17) is 4.74 Å². The monoisotopic (exact) mass is 466 g/mol. The summed E-state index contributed by atoms with van der Waals surface area (Å²) in [6.45, 7) is 4.72. The molecule has 0 aliphatic heterocycles. The van der Waals surface area contributed by atoms with Crippen molar-refractivity contribution in [3.63, 3.8) is 0 Å². The van der Waals surface area contributed by atoms with Crippen molar-refractivity contribution in [1.29, 1.82) is 0 Å². The van der Waals surface area contributed by atoms with Crippen molar-refractivity contribution in [3.05, 3.63) is 16.1 Å². The van der Waals surface area contributed by atoms with Crippen molar-refractivity contribution in [1.82, 2.24) is 15.6 Å². The summed E-state index contributed by atoms with van der Waals surface area (Å²) in [5.41, 5.74) is 1.53. The van der Waals surface area contributed by atoms with E-state index in [1.54, 1.807) is 18.4 Å². The largest absolute Gasteiger partial charge is 0.385 e. The molecule has 0 saturated heterocycles. The van der Waals surface area contributed by atoms with E-state index in [9.17, 15) is 0 Å². The van der Waals surface area contributed by atoms with Crippen molar-refractivity contribution in [2.75, 3.05) is 33.9 Å². The Morgan fingerprint density at radius 1 is 1.38 bits per heavy atom. The van der Waals surface area contributed by atoms with E-state index in [1.807, 2.05) is 14.0 Å². The predicted octanol–water partition coefficient (Wildman–Crippen LogP) is 3.37. The fraction of sp³-hybridized carbons (Fsp3) is 0.765. The van der Waals surface area contributed by atoms with Crippen LogP contribution in [0.25, 0.3) is 0 Å². The van der Waals surface area contributed by atoms with Gasteiger partial charge >= 0.3 is 0 Å². The average molecular weight is 466 g/mol. The number of hydrogen-bond donors (Lipinski definition) is 2. The second kappa shape index (κ2) is 11.3. The third-order valence-corrected chi connectivity index (χ3v) is 5.52. The van der Waals surface area contributed by atoms with Crippen LogP contribution in [0.5, 0.6) is 0 Å². The number of ether oxygens (including phenoxy) is 1. The number of aromatic nitrogens is 1. The Morgan fingerprint density at radius 3 is 2.71 bits per heavy atom. The molecule has 1 aliphatic rings. The van der Waals surface area contributed by atoms with Crippen LogP contribution in [0.4, 0.5) is 0 Å². The number of methoxy groups -OCH3 is 1. The summed E-state index contributed by atoms with van der Waals surface area (Å²) in [5.74, 6) is 0.889. The van der Waals surface area contributed by atoms with Gasteiger partial charge in [-0.3, -0.25) is 4.99 Å². The number of hydrogen-bond acceptors (Lipinski definition) is 4. The summed E-state index contributed by atoms with van der Waals surface area (Å²) < 4.78 is 5.30. The standard InChI is InChI=1S/C17H30N4OS.HI/c1-14-21-15(12-23-14)6-10-19-16(18-2)20-13-17(9-11-22-3)7-4-5-8-17;/h12H,4-11,13H2,1-3H3,(H2,18,19,20);1H. The van der Waals surface area contributed by atoms with Gasteiger partial charge in [-0.1, -0.05) is 12.8 Å². The Bertz CT molecular complexity index is 501. The molecule has 5 nitrogen and oxygen atoms in total. The molecule has 2 N–H and O–H groups in total. The molecule has 1 aromatic heterocycles. The fourth-order valence-corrected chi connectivity index (χ4v) is 3.93. The molecule has 7 heteroatoms. The molecule has 0 unspecified atom stereocenters. The number of nitrogens with one attached hydrogen (secondary N) is 2. The molecule has 0 aromatic carbocycles. The van der Waals surface area contributed by atoms with Crippen molar-refractivity contribution < 1.29 is 4.74 Å². The smallest absolute Gasteiger partial charge is 0.191 e. The van der Waals surface area contributed by atoms with Crippen molar-refractivity contribution >= 4 is 41.3 Å². The van der Waals surface area contributed by atoms with Gasteiger partial charge in [-0.05, 0) is 31.6 Å². The maximum absolute atomic E-state index is 5.30. The van der Waals surface area contributed by atoms with Crippen LogP contribution >= 0.6 is 35.3 Å². The van der Waals surface area contributed by atoms with Crippen LogP contribution in [0.15, 0.2) is 10.4 Å². The fourth-order valence-electron chi connectivity index (χ4n) is 3.28. The van der Waals surface area contributed by atoms with Gasteiger partial charge in [0.2, 0.25) is 0 Å². The summed E-state index contributed by atoms with van der Waals surface area (Å²) in [4.78, 5) is 8.83. The Labute approximate surface area is 167 Å². The van der Waals surface area contributed by atoms with Crippen LogP contribution < -0.4 is 10.6 Å². The molecule has 0 atom stereocenters. The van der Waals surface area contributed by atoms with Crippen molar-refractivity contribution in [3.8, 4) is 0 Å². The summed E-state index contributed by atoms with van der Waals surface area (Å²) >= 11 is 1.71. The van der Waals surface area contributed by atoms with Crippen LogP contribution in [0.2, 0.25) is 0 Å². The maximum atomic E-state index is 5.30. The minimum Gasteiger partial charge on any atom is -0.385 e. The second-order valence-electron chi connectivity index (χ2n) is 6.41. The third-order valence-electron chi connectivity index (χ3n) is 4.70. The topological polar surface area (TPSA) is 58.5 Å². The Balaban J connectivity index is 0.00000288. The van der Waals surface area contributed by atoms with E-state index in [0.717, 1.165) is 49.2 Å². The molecule has 1 fully saturated rings. The van der Waals surface area contributed by atoms with Crippen LogP contribution in [0.1, 0.15) is 42.8 Å². The highest BCUT2D eigenvalue weighted by molar-refractivity contribution is 14.0. The van der Waals surface area contributed by atoms with Crippen LogP contribution in [0.3, 0.4) is 0 Å². The maximum Gasteiger partial charge on any atom is 0.191 e. The van der Waals surface area contributed by atoms with Crippen molar-refractivity contribution in [2.24, 2.45) is 10.4 Å². The molecule has 0 radical (unpaired) electrons. The molecule has 138 valence electrons. The number of halogens is 1. The average Bonchev–Trinajstić information content (AvgIpc) is 3.18. The molecule has 0 spiro atoms. The number of rotatable bonds is 8. The second-order valence-corrected chi connectivity index (χ2v) is 7.47. The molecule has 0 amide bonds. The first-order chi connectivity index (χ1) is 11.2. The zero-order chi connectivity index (χ0) is 16.5. The van der Waals surface area contributed by atoms with Gasteiger partial charge in [-0.15, -0.1) is 35.3 Å². The highest BCUT2D eigenvalue weighted by Gasteiger charge is 2.33. The molecule has 1 saturated carbocycles. The SMILES string of the molecule is CN=C(NCCc1csc(C)n1)NCC1(CCOC)CCCC1.I. The molecule has 0 bridgehead atoms. The molecule has 2 rings (SSSR count). The lowest BCUT2D eigenvalue weighted by molar-refractivity contribution is 0.138. The number of guanidine groups is 1. The van der Waals surface area contributed by atoms with Gasteiger partial charge in [0.25, 0.3) is 0 Å². The Morgan fingerprint density at radius 2 is 2.12 bits per heavy atom. The molecular formula is C17H31IN4OS. The van der Waals surface area contributed by atoms with Gasteiger partial charge in [0, 0.05) is 45.7 Å². The molecule has 24 heavy (non-hydrogen) atoms. The van der Waals surface area contributed by atoms with Gasteiger partial charge in [0.1, 0.15) is 0 Å². The Hall–Kier alpha value is -0.410. The van der Waals surface area contributed by atoms with E-state index in [2.05, 4.69) is 26.0 Å². The van der Waals surface area contributed by atoms with Gasteiger partial charge in [0.15, 0.2) is 5.96 Å². The van der Waals surface area contributed by atoms with E-state index in [1.165, 1.54) is 25.7 Å².